The first-order chi connectivity index (χ1) is 30.4. The summed E-state index contributed by atoms with van der Waals surface area (Å²) in [5.41, 5.74) is 10.4. The zero-order valence-corrected chi connectivity index (χ0v) is 37.0. The van der Waals surface area contributed by atoms with E-state index in [-0.39, 0.29) is 21.1 Å². The normalized spacial score (nSPS) is 15.2. The number of aromatic nitrogens is 5. The van der Waals surface area contributed by atoms with Crippen molar-refractivity contribution in [3.05, 3.63) is 210 Å². The molecule has 63 heavy (non-hydrogen) atoms. The molecule has 0 bridgehead atoms. The fourth-order valence-corrected chi connectivity index (χ4v) is 8.31. The minimum Gasteiger partial charge on any atom is -0.530 e. The number of hydrogen-bond acceptors (Lipinski definition) is 7. The number of pyridine rings is 1. The third-order valence-electron chi connectivity index (χ3n) is 11.5. The van der Waals surface area contributed by atoms with Crippen LogP contribution in [0.15, 0.2) is 164 Å². The summed E-state index contributed by atoms with van der Waals surface area (Å²) >= 11 is 0. The molecular weight excluding hydrogens is 958 g/mol. The maximum atomic E-state index is 7.12. The molecule has 8 nitrogen and oxygen atoms in total. The van der Waals surface area contributed by atoms with Gasteiger partial charge in [-0.1, -0.05) is 119 Å². The SMILES string of the molecule is Cc1ccc(-c2nc(-c3ccc(C)cc3)nc(C3C=c4c(n(-c5ccccn5)c5ccccc45)=[C-]C3Oc3[c-]c(N4[CH-]N(c5ccc(C)cc5)c5ccccc54)ccc3)n2)cc1.[Pt]. The van der Waals surface area contributed by atoms with Crippen molar-refractivity contribution in [1.82, 2.24) is 24.5 Å². The Morgan fingerprint density at radius 3 is 1.89 bits per heavy atom. The van der Waals surface area contributed by atoms with Gasteiger partial charge in [0, 0.05) is 72.6 Å². The molecular formula is C54H40N7OPt-3. The molecule has 2 atom stereocenters. The maximum Gasteiger partial charge on any atom is 0.163 e. The Hall–Kier alpha value is -7.15. The topological polar surface area (TPSA) is 72.2 Å². The number of hydrogen-bond donors (Lipinski definition) is 0. The van der Waals surface area contributed by atoms with Crippen molar-refractivity contribution < 1.29 is 25.8 Å². The van der Waals surface area contributed by atoms with Gasteiger partial charge in [0.25, 0.3) is 0 Å². The number of aryl methyl sites for hydroxylation is 3. The molecule has 6 aromatic carbocycles. The van der Waals surface area contributed by atoms with Crippen LogP contribution < -0.4 is 25.1 Å². The van der Waals surface area contributed by atoms with Crippen molar-refractivity contribution in [3.8, 4) is 34.3 Å². The van der Waals surface area contributed by atoms with Gasteiger partial charge in [0.05, 0.1) is 6.10 Å². The first-order valence-corrected chi connectivity index (χ1v) is 20.8. The fourth-order valence-electron chi connectivity index (χ4n) is 8.31. The Balaban J connectivity index is 0.00000471. The van der Waals surface area contributed by atoms with Gasteiger partial charge in [0.1, 0.15) is 11.6 Å². The molecule has 0 saturated heterocycles. The second-order valence-corrected chi connectivity index (χ2v) is 15.8. The zero-order valence-electron chi connectivity index (χ0n) is 34.8. The van der Waals surface area contributed by atoms with Gasteiger partial charge in [0.15, 0.2) is 11.6 Å². The first-order valence-electron chi connectivity index (χ1n) is 20.8. The predicted molar refractivity (Wildman–Crippen MR) is 247 cm³/mol. The molecule has 0 saturated carbocycles. The van der Waals surface area contributed by atoms with Gasteiger partial charge in [-0.15, -0.1) is 47.2 Å². The standard InChI is InChI=1S/C54H40N7O.Pt/c1-35-18-24-38(25-19-35)52-56-53(39-26-20-36(2)21-27-39)58-54(57-52)45-32-44-43-13-4-5-14-46(43)61(51-17-8-9-30-55-51)49(44)33-50(45)62-42-12-10-11-41(31-42)60-34-59(40-28-22-37(3)23-29-40)47-15-6-7-16-48(47)60;/h4-30,32,34,45,50H,1-3H3;/q-3;. The van der Waals surface area contributed by atoms with E-state index >= 15 is 0 Å². The smallest absolute Gasteiger partial charge is 0.163 e. The molecule has 0 amide bonds. The quantitative estimate of drug-likeness (QED) is 0.141. The maximum absolute atomic E-state index is 7.12. The summed E-state index contributed by atoms with van der Waals surface area (Å²) in [6.07, 6.45) is 7.23. The van der Waals surface area contributed by atoms with Crippen molar-refractivity contribution in [2.24, 2.45) is 0 Å². The average Bonchev–Trinajstić information content (AvgIpc) is 3.86. The van der Waals surface area contributed by atoms with Gasteiger partial charge >= 0.3 is 0 Å². The Bertz CT molecular complexity index is 3180. The second-order valence-electron chi connectivity index (χ2n) is 15.8. The summed E-state index contributed by atoms with van der Waals surface area (Å²) in [5, 5.41) is 2.96. The van der Waals surface area contributed by atoms with Crippen LogP contribution in [0.25, 0.3) is 51.6 Å². The van der Waals surface area contributed by atoms with Crippen LogP contribution in [0, 0.1) is 33.5 Å². The van der Waals surface area contributed by atoms with E-state index in [0.717, 1.165) is 72.3 Å². The third-order valence-corrected chi connectivity index (χ3v) is 11.5. The third kappa shape index (κ3) is 7.51. The van der Waals surface area contributed by atoms with Crippen LogP contribution >= 0.6 is 0 Å². The molecule has 0 N–H and O–H groups in total. The number of nitrogens with zero attached hydrogens (tertiary/aromatic N) is 7. The Morgan fingerprint density at radius 2 is 1.22 bits per heavy atom. The van der Waals surface area contributed by atoms with Crippen LogP contribution in [0.1, 0.15) is 28.4 Å². The van der Waals surface area contributed by atoms with E-state index in [1.165, 1.54) is 5.56 Å². The molecule has 2 unspecified atom stereocenters. The van der Waals surface area contributed by atoms with Crippen molar-refractivity contribution in [2.45, 2.75) is 32.8 Å². The molecule has 4 heterocycles. The van der Waals surface area contributed by atoms with Crippen LogP contribution in [0.3, 0.4) is 0 Å². The summed E-state index contributed by atoms with van der Waals surface area (Å²) in [4.78, 5) is 24.7. The van der Waals surface area contributed by atoms with Crippen molar-refractivity contribution >= 4 is 45.8 Å². The van der Waals surface area contributed by atoms with Crippen molar-refractivity contribution in [3.63, 3.8) is 0 Å². The zero-order chi connectivity index (χ0) is 41.7. The van der Waals surface area contributed by atoms with Crippen LogP contribution in [0.4, 0.5) is 22.7 Å². The number of para-hydroxylation sites is 3. The monoisotopic (exact) mass is 997 g/mol. The van der Waals surface area contributed by atoms with Gasteiger partial charge in [-0.2, -0.15) is 6.07 Å². The summed E-state index contributed by atoms with van der Waals surface area (Å²) in [6.45, 7) is 8.38. The number of anilines is 4. The molecule has 0 spiro atoms. The van der Waals surface area contributed by atoms with Gasteiger partial charge < -0.3 is 19.1 Å². The van der Waals surface area contributed by atoms with E-state index in [9.17, 15) is 0 Å². The summed E-state index contributed by atoms with van der Waals surface area (Å²) in [5.74, 6) is 2.66. The van der Waals surface area contributed by atoms with E-state index in [4.69, 9.17) is 24.7 Å². The Kier molecular flexibility index (Phi) is 10.5. The van der Waals surface area contributed by atoms with E-state index in [1.807, 2.05) is 36.5 Å². The number of ether oxygens (including phenoxy) is 1. The largest absolute Gasteiger partial charge is 0.530 e. The number of benzene rings is 6. The predicted octanol–water partition coefficient (Wildman–Crippen LogP) is 10.4. The average molecular weight is 998 g/mol. The Morgan fingerprint density at radius 1 is 0.603 bits per heavy atom. The van der Waals surface area contributed by atoms with Gasteiger partial charge in [-0.05, 0) is 63.2 Å². The van der Waals surface area contributed by atoms with Crippen LogP contribution in [-0.4, -0.2) is 30.6 Å². The van der Waals surface area contributed by atoms with Crippen LogP contribution in [0.5, 0.6) is 5.75 Å². The summed E-state index contributed by atoms with van der Waals surface area (Å²) < 4.78 is 9.27. The molecule has 310 valence electrons. The molecule has 11 rings (SSSR count). The summed E-state index contributed by atoms with van der Waals surface area (Å²) in [7, 11) is 0. The number of fused-ring (bicyclic) bond motifs is 4. The fraction of sp³-hybridized carbons (Fsp3) is 0.0926. The molecule has 9 aromatic rings. The van der Waals surface area contributed by atoms with E-state index < -0.39 is 12.0 Å². The minimum absolute atomic E-state index is 0. The minimum atomic E-state index is -0.668. The molecule has 1 aliphatic heterocycles. The van der Waals surface area contributed by atoms with Crippen molar-refractivity contribution in [1.29, 1.82) is 0 Å². The van der Waals surface area contributed by atoms with Gasteiger partial charge in [-0.25, -0.2) is 26.0 Å². The van der Waals surface area contributed by atoms with Crippen molar-refractivity contribution in [2.75, 3.05) is 9.80 Å². The van der Waals surface area contributed by atoms with Crippen LogP contribution in [0.2, 0.25) is 0 Å². The molecule has 0 radical (unpaired) electrons. The first kappa shape index (κ1) is 40.0. The van der Waals surface area contributed by atoms with E-state index in [1.54, 1.807) is 0 Å². The Labute approximate surface area is 380 Å². The molecule has 0 fully saturated rings. The van der Waals surface area contributed by atoms with Crippen LogP contribution in [-0.2, 0) is 21.1 Å². The van der Waals surface area contributed by atoms with E-state index in [0.29, 0.717) is 23.2 Å². The number of rotatable bonds is 8. The van der Waals surface area contributed by atoms with Gasteiger partial charge in [0.2, 0.25) is 0 Å². The van der Waals surface area contributed by atoms with Gasteiger partial charge in [-0.3, -0.25) is 0 Å². The summed E-state index contributed by atoms with van der Waals surface area (Å²) in [6, 6.07) is 57.6. The second kappa shape index (κ2) is 16.6. The molecule has 9 heteroatoms. The molecule has 3 aromatic heterocycles. The molecule has 1 aliphatic carbocycles. The molecule has 2 aliphatic rings. The van der Waals surface area contributed by atoms with E-state index in [2.05, 4.69) is 187 Å².